The Morgan fingerprint density at radius 1 is 0.881 bits per heavy atom. The number of nitrogens with zero attached hydrogens (tertiary/aromatic N) is 3. The molecule has 0 aliphatic heterocycles. The molecule has 8 heteroatoms. The molecule has 2 N–H and O–H groups in total. The number of fused-ring (bicyclic) bond motifs is 2. The van der Waals surface area contributed by atoms with Gasteiger partial charge in [-0.25, -0.2) is 9.97 Å². The number of rotatable bonds is 7. The SMILES string of the molecule is Cc1ccc(S(=O)(=O)OC[C@H]2C[C@H](c3nc(-c4ccc5ccc(-c6ccccc6)nc5c4)c4c(N)cccn43)C2)cc1. The molecule has 3 aromatic carbocycles. The third kappa shape index (κ3) is 4.82. The molecule has 3 aromatic heterocycles. The van der Waals surface area contributed by atoms with E-state index in [0.717, 1.165) is 63.2 Å². The molecule has 1 fully saturated rings. The molecule has 7 rings (SSSR count). The van der Waals surface area contributed by atoms with E-state index >= 15 is 0 Å². The predicted molar refractivity (Wildman–Crippen MR) is 166 cm³/mol. The summed E-state index contributed by atoms with van der Waals surface area (Å²) in [6.07, 6.45) is 3.57. The smallest absolute Gasteiger partial charge is 0.296 e. The summed E-state index contributed by atoms with van der Waals surface area (Å²) in [5.41, 5.74) is 13.7. The van der Waals surface area contributed by atoms with Crippen LogP contribution in [0, 0.1) is 12.8 Å². The van der Waals surface area contributed by atoms with E-state index in [1.54, 1.807) is 24.3 Å². The van der Waals surface area contributed by atoms with Crippen LogP contribution in [0.25, 0.3) is 38.9 Å². The Labute approximate surface area is 244 Å². The van der Waals surface area contributed by atoms with Gasteiger partial charge in [0.15, 0.2) is 0 Å². The predicted octanol–water partition coefficient (Wildman–Crippen LogP) is 7.01. The van der Waals surface area contributed by atoms with Crippen LogP contribution in [0.5, 0.6) is 0 Å². The van der Waals surface area contributed by atoms with Crippen LogP contribution >= 0.6 is 0 Å². The van der Waals surface area contributed by atoms with Crippen LogP contribution in [-0.2, 0) is 14.3 Å². The maximum atomic E-state index is 12.6. The Balaban J connectivity index is 1.15. The molecule has 0 unspecified atom stereocenters. The van der Waals surface area contributed by atoms with Crippen molar-refractivity contribution >= 4 is 32.2 Å². The maximum Gasteiger partial charge on any atom is 0.296 e. The fraction of sp³-hybridized carbons (Fsp3) is 0.176. The first kappa shape index (κ1) is 26.4. The van der Waals surface area contributed by atoms with Crippen LogP contribution in [0.3, 0.4) is 0 Å². The third-order valence-corrected chi connectivity index (χ3v) is 9.42. The van der Waals surface area contributed by atoms with Crippen LogP contribution < -0.4 is 5.73 Å². The molecule has 0 radical (unpaired) electrons. The summed E-state index contributed by atoms with van der Waals surface area (Å²) in [4.78, 5) is 10.3. The summed E-state index contributed by atoms with van der Waals surface area (Å²) in [5, 5.41) is 1.05. The summed E-state index contributed by atoms with van der Waals surface area (Å²) in [5.74, 6) is 1.23. The van der Waals surface area contributed by atoms with Gasteiger partial charge in [-0.05, 0) is 62.1 Å². The number of hydrogen-bond donors (Lipinski definition) is 1. The number of aromatic nitrogens is 3. The van der Waals surface area contributed by atoms with E-state index in [0.29, 0.717) is 5.69 Å². The lowest BCUT2D eigenvalue weighted by molar-refractivity contribution is 0.158. The van der Waals surface area contributed by atoms with Gasteiger partial charge in [-0.3, -0.25) is 4.18 Å². The van der Waals surface area contributed by atoms with Gasteiger partial charge in [-0.1, -0.05) is 66.2 Å². The van der Waals surface area contributed by atoms with E-state index in [1.165, 1.54) is 0 Å². The molecule has 1 aliphatic rings. The van der Waals surface area contributed by atoms with Gasteiger partial charge in [-0.2, -0.15) is 8.42 Å². The minimum absolute atomic E-state index is 0.133. The van der Waals surface area contributed by atoms with Gasteiger partial charge in [-0.15, -0.1) is 0 Å². The molecule has 210 valence electrons. The minimum atomic E-state index is -3.78. The maximum absolute atomic E-state index is 12.6. The standard InChI is InChI=1S/C34H30N4O3S/c1-22-9-14-28(15-10-22)42(39,40)41-21-23-18-27(19-23)34-37-32(33-29(35)8-5-17-38(33)34)26-12-11-25-13-16-30(36-31(25)20-26)24-6-3-2-4-7-24/h2-17,20,23,27H,18-19,21,35H2,1H3/t23-,27-. The minimum Gasteiger partial charge on any atom is -0.397 e. The van der Waals surface area contributed by atoms with Gasteiger partial charge < -0.3 is 10.1 Å². The van der Waals surface area contributed by atoms with Crippen molar-refractivity contribution in [3.05, 3.63) is 115 Å². The molecular formula is C34H30N4O3S. The summed E-state index contributed by atoms with van der Waals surface area (Å²) < 4.78 is 32.8. The number of nitrogens with two attached hydrogens (primary N) is 1. The van der Waals surface area contributed by atoms with Gasteiger partial charge in [0.1, 0.15) is 5.82 Å². The van der Waals surface area contributed by atoms with Gasteiger partial charge in [0, 0.05) is 28.6 Å². The van der Waals surface area contributed by atoms with Crippen LogP contribution in [0.2, 0.25) is 0 Å². The number of pyridine rings is 2. The quantitative estimate of drug-likeness (QED) is 0.206. The average Bonchev–Trinajstić information content (AvgIpc) is 3.37. The molecule has 1 saturated carbocycles. The van der Waals surface area contributed by atoms with Crippen LogP contribution in [0.15, 0.2) is 108 Å². The highest BCUT2D eigenvalue weighted by Crippen LogP contribution is 2.44. The van der Waals surface area contributed by atoms with E-state index < -0.39 is 10.1 Å². The number of anilines is 1. The number of imidazole rings is 1. The average molecular weight is 575 g/mol. The highest BCUT2D eigenvalue weighted by Gasteiger charge is 2.35. The van der Waals surface area contributed by atoms with Gasteiger partial charge >= 0.3 is 0 Å². The van der Waals surface area contributed by atoms with E-state index in [2.05, 4.69) is 40.8 Å². The lowest BCUT2D eigenvalue weighted by Gasteiger charge is -2.34. The fourth-order valence-electron chi connectivity index (χ4n) is 5.75. The number of hydrogen-bond acceptors (Lipinski definition) is 6. The Bertz CT molecular complexity index is 2030. The van der Waals surface area contributed by atoms with Gasteiger partial charge in [0.2, 0.25) is 0 Å². The van der Waals surface area contributed by atoms with Crippen LogP contribution in [0.4, 0.5) is 5.69 Å². The molecule has 0 bridgehead atoms. The van der Waals surface area contributed by atoms with Crippen LogP contribution in [-0.4, -0.2) is 29.4 Å². The molecule has 7 nitrogen and oxygen atoms in total. The number of nitrogen functional groups attached to an aromatic ring is 1. The van der Waals surface area contributed by atoms with E-state index in [1.807, 2.05) is 49.5 Å². The van der Waals surface area contributed by atoms with Crippen molar-refractivity contribution in [3.63, 3.8) is 0 Å². The highest BCUT2D eigenvalue weighted by molar-refractivity contribution is 7.86. The van der Waals surface area contributed by atoms with Crippen molar-refractivity contribution in [2.24, 2.45) is 5.92 Å². The second kappa shape index (κ2) is 10.4. The van der Waals surface area contributed by atoms with E-state index in [-0.39, 0.29) is 23.3 Å². The lowest BCUT2D eigenvalue weighted by Crippen LogP contribution is -2.28. The molecule has 3 heterocycles. The van der Waals surface area contributed by atoms with E-state index in [4.69, 9.17) is 19.9 Å². The zero-order valence-electron chi connectivity index (χ0n) is 23.1. The largest absolute Gasteiger partial charge is 0.397 e. The lowest BCUT2D eigenvalue weighted by atomic mass is 9.75. The van der Waals surface area contributed by atoms with Crippen molar-refractivity contribution in [2.75, 3.05) is 12.3 Å². The van der Waals surface area contributed by atoms with Crippen molar-refractivity contribution in [1.82, 2.24) is 14.4 Å². The van der Waals surface area contributed by atoms with Crippen molar-refractivity contribution in [1.29, 1.82) is 0 Å². The van der Waals surface area contributed by atoms with Crippen molar-refractivity contribution in [3.8, 4) is 22.5 Å². The molecule has 1 aliphatic carbocycles. The first-order valence-electron chi connectivity index (χ1n) is 14.0. The first-order valence-corrected chi connectivity index (χ1v) is 15.5. The molecule has 0 amide bonds. The molecule has 42 heavy (non-hydrogen) atoms. The van der Waals surface area contributed by atoms with Crippen molar-refractivity contribution in [2.45, 2.75) is 30.6 Å². The third-order valence-electron chi connectivity index (χ3n) is 8.13. The molecule has 0 atom stereocenters. The Morgan fingerprint density at radius 3 is 2.43 bits per heavy atom. The Morgan fingerprint density at radius 2 is 1.64 bits per heavy atom. The van der Waals surface area contributed by atoms with Gasteiger partial charge in [0.25, 0.3) is 10.1 Å². The molecule has 0 spiro atoms. The molecule has 6 aromatic rings. The summed E-state index contributed by atoms with van der Waals surface area (Å²) >= 11 is 0. The fourth-order valence-corrected chi connectivity index (χ4v) is 6.73. The topological polar surface area (TPSA) is 99.6 Å². The summed E-state index contributed by atoms with van der Waals surface area (Å²) in [6.45, 7) is 2.08. The normalized spacial score (nSPS) is 17.0. The number of aryl methyl sites for hydroxylation is 1. The molecular weight excluding hydrogens is 544 g/mol. The Hall–Kier alpha value is -4.53. The summed E-state index contributed by atoms with van der Waals surface area (Å²) in [6, 6.07) is 31.0. The monoisotopic (exact) mass is 574 g/mol. The highest BCUT2D eigenvalue weighted by atomic mass is 32.2. The zero-order chi connectivity index (χ0) is 28.8. The summed E-state index contributed by atoms with van der Waals surface area (Å²) in [7, 11) is -3.78. The van der Waals surface area contributed by atoms with E-state index in [9.17, 15) is 8.42 Å². The second-order valence-electron chi connectivity index (χ2n) is 11.1. The second-order valence-corrected chi connectivity index (χ2v) is 12.7. The van der Waals surface area contributed by atoms with Crippen LogP contribution in [0.1, 0.15) is 30.1 Å². The first-order chi connectivity index (χ1) is 20.4. The Kier molecular flexibility index (Phi) is 6.52. The van der Waals surface area contributed by atoms with Gasteiger partial charge in [0.05, 0.1) is 39.6 Å². The molecule has 0 saturated heterocycles. The number of benzene rings is 3. The zero-order valence-corrected chi connectivity index (χ0v) is 24.0. The van der Waals surface area contributed by atoms with Crippen molar-refractivity contribution < 1.29 is 12.6 Å².